The van der Waals surface area contributed by atoms with Gasteiger partial charge in [-0.15, -0.1) is 0 Å². The van der Waals surface area contributed by atoms with Crippen LogP contribution >= 0.6 is 0 Å². The molecule has 5 nitrogen and oxygen atoms in total. The Bertz CT molecular complexity index is 498. The molecule has 0 saturated carbocycles. The highest BCUT2D eigenvalue weighted by molar-refractivity contribution is 5.92. The Hall–Kier alpha value is -1.88. The molecule has 0 saturated heterocycles. The smallest absolute Gasteiger partial charge is 0.237 e. The quantitative estimate of drug-likeness (QED) is 0.748. The van der Waals surface area contributed by atoms with Gasteiger partial charge in [0.2, 0.25) is 11.8 Å². The van der Waals surface area contributed by atoms with Gasteiger partial charge >= 0.3 is 0 Å². The van der Waals surface area contributed by atoms with Gasteiger partial charge in [0.25, 0.3) is 0 Å². The van der Waals surface area contributed by atoms with Crippen molar-refractivity contribution in [1.82, 2.24) is 5.32 Å². The SMILES string of the molecule is CC(C)C(=O)Nc1cccc(CNC(=O)[C@H](N)C(C)C)c1. The number of hydrogen-bond acceptors (Lipinski definition) is 3. The van der Waals surface area contributed by atoms with Gasteiger partial charge in [-0.25, -0.2) is 0 Å². The van der Waals surface area contributed by atoms with Crippen LogP contribution in [0.4, 0.5) is 5.69 Å². The van der Waals surface area contributed by atoms with Gasteiger partial charge in [-0.05, 0) is 23.6 Å². The minimum Gasteiger partial charge on any atom is -0.351 e. The van der Waals surface area contributed by atoms with Crippen molar-refractivity contribution in [2.24, 2.45) is 17.6 Å². The first-order valence-electron chi connectivity index (χ1n) is 7.24. The Labute approximate surface area is 126 Å². The number of amides is 2. The van der Waals surface area contributed by atoms with Gasteiger partial charge in [-0.2, -0.15) is 0 Å². The topological polar surface area (TPSA) is 84.2 Å². The highest BCUT2D eigenvalue weighted by atomic mass is 16.2. The van der Waals surface area contributed by atoms with E-state index in [1.807, 2.05) is 52.0 Å². The van der Waals surface area contributed by atoms with Crippen molar-refractivity contribution in [1.29, 1.82) is 0 Å². The molecule has 1 rings (SSSR count). The van der Waals surface area contributed by atoms with Crippen LogP contribution < -0.4 is 16.4 Å². The third-order valence-electron chi connectivity index (χ3n) is 3.21. The van der Waals surface area contributed by atoms with Crippen LogP contribution in [-0.4, -0.2) is 17.9 Å². The van der Waals surface area contributed by atoms with Crippen LogP contribution in [0.5, 0.6) is 0 Å². The van der Waals surface area contributed by atoms with E-state index in [-0.39, 0.29) is 23.7 Å². The summed E-state index contributed by atoms with van der Waals surface area (Å²) in [6.07, 6.45) is 0. The Morgan fingerprint density at radius 1 is 1.14 bits per heavy atom. The number of anilines is 1. The van der Waals surface area contributed by atoms with Crippen LogP contribution in [0.1, 0.15) is 33.3 Å². The van der Waals surface area contributed by atoms with Gasteiger partial charge < -0.3 is 16.4 Å². The van der Waals surface area contributed by atoms with Gasteiger partial charge in [-0.1, -0.05) is 39.8 Å². The summed E-state index contributed by atoms with van der Waals surface area (Å²) >= 11 is 0. The van der Waals surface area contributed by atoms with E-state index in [1.165, 1.54) is 0 Å². The van der Waals surface area contributed by atoms with Crippen LogP contribution in [0.2, 0.25) is 0 Å². The molecule has 1 aromatic rings. The summed E-state index contributed by atoms with van der Waals surface area (Å²) in [5.41, 5.74) is 7.43. The van der Waals surface area contributed by atoms with Crippen molar-refractivity contribution in [3.63, 3.8) is 0 Å². The van der Waals surface area contributed by atoms with Crippen molar-refractivity contribution >= 4 is 17.5 Å². The molecular weight excluding hydrogens is 266 g/mol. The van der Waals surface area contributed by atoms with Crippen LogP contribution in [0, 0.1) is 11.8 Å². The maximum Gasteiger partial charge on any atom is 0.237 e. The second-order valence-corrected chi connectivity index (χ2v) is 5.83. The van der Waals surface area contributed by atoms with Crippen molar-refractivity contribution < 1.29 is 9.59 Å². The van der Waals surface area contributed by atoms with E-state index in [0.29, 0.717) is 6.54 Å². The summed E-state index contributed by atoms with van der Waals surface area (Å²) in [5, 5.41) is 5.64. The molecule has 116 valence electrons. The first kappa shape index (κ1) is 17.2. The molecule has 5 heteroatoms. The first-order valence-corrected chi connectivity index (χ1v) is 7.24. The molecule has 1 atom stereocenters. The summed E-state index contributed by atoms with van der Waals surface area (Å²) in [6.45, 7) is 7.89. The zero-order chi connectivity index (χ0) is 16.0. The fraction of sp³-hybridized carbons (Fsp3) is 0.500. The zero-order valence-corrected chi connectivity index (χ0v) is 13.1. The molecule has 0 aromatic heterocycles. The van der Waals surface area contributed by atoms with E-state index in [9.17, 15) is 9.59 Å². The molecule has 0 radical (unpaired) electrons. The summed E-state index contributed by atoms with van der Waals surface area (Å²) in [7, 11) is 0. The molecule has 0 heterocycles. The summed E-state index contributed by atoms with van der Waals surface area (Å²) in [6, 6.07) is 6.91. The lowest BCUT2D eigenvalue weighted by atomic mass is 10.0. The predicted octanol–water partition coefficient (Wildman–Crippen LogP) is 1.88. The van der Waals surface area contributed by atoms with Crippen molar-refractivity contribution in [2.45, 2.75) is 40.3 Å². The predicted molar refractivity (Wildman–Crippen MR) is 84.6 cm³/mol. The van der Waals surface area contributed by atoms with Crippen molar-refractivity contribution in [3.8, 4) is 0 Å². The van der Waals surface area contributed by atoms with E-state index in [0.717, 1.165) is 11.3 Å². The molecule has 2 amide bonds. The van der Waals surface area contributed by atoms with E-state index >= 15 is 0 Å². The number of benzene rings is 1. The lowest BCUT2D eigenvalue weighted by Crippen LogP contribution is -2.43. The van der Waals surface area contributed by atoms with E-state index in [1.54, 1.807) is 0 Å². The largest absolute Gasteiger partial charge is 0.351 e. The highest BCUT2D eigenvalue weighted by Gasteiger charge is 2.16. The highest BCUT2D eigenvalue weighted by Crippen LogP contribution is 2.12. The van der Waals surface area contributed by atoms with Crippen LogP contribution in [0.3, 0.4) is 0 Å². The number of nitrogens with two attached hydrogens (primary N) is 1. The standard InChI is InChI=1S/C16H25N3O2/c1-10(2)14(17)16(21)18-9-12-6-5-7-13(8-12)19-15(20)11(3)4/h5-8,10-11,14H,9,17H2,1-4H3,(H,18,21)(H,19,20)/t14-/m1/s1. The monoisotopic (exact) mass is 291 g/mol. The lowest BCUT2D eigenvalue weighted by Gasteiger charge is -2.15. The molecule has 0 spiro atoms. The zero-order valence-electron chi connectivity index (χ0n) is 13.1. The molecule has 0 aliphatic heterocycles. The van der Waals surface area contributed by atoms with Crippen molar-refractivity contribution in [3.05, 3.63) is 29.8 Å². The van der Waals surface area contributed by atoms with Crippen molar-refractivity contribution in [2.75, 3.05) is 5.32 Å². The summed E-state index contributed by atoms with van der Waals surface area (Å²) in [4.78, 5) is 23.5. The maximum absolute atomic E-state index is 11.8. The summed E-state index contributed by atoms with van der Waals surface area (Å²) < 4.78 is 0. The molecule has 0 aliphatic carbocycles. The van der Waals surface area contributed by atoms with Crippen LogP contribution in [0.25, 0.3) is 0 Å². The second kappa shape index (κ2) is 7.78. The van der Waals surface area contributed by atoms with Crippen LogP contribution in [-0.2, 0) is 16.1 Å². The average molecular weight is 291 g/mol. The number of carbonyl (C=O) groups excluding carboxylic acids is 2. The maximum atomic E-state index is 11.8. The Morgan fingerprint density at radius 2 is 1.81 bits per heavy atom. The third kappa shape index (κ3) is 5.55. The van der Waals surface area contributed by atoms with Gasteiger partial charge in [0, 0.05) is 18.2 Å². The summed E-state index contributed by atoms with van der Waals surface area (Å²) in [5.74, 6) is -0.168. The Kier molecular flexibility index (Phi) is 6.37. The number of carbonyl (C=O) groups is 2. The van der Waals surface area contributed by atoms with Gasteiger partial charge in [0.15, 0.2) is 0 Å². The first-order chi connectivity index (χ1) is 9.81. The van der Waals surface area contributed by atoms with Gasteiger partial charge in [0.05, 0.1) is 6.04 Å². The van der Waals surface area contributed by atoms with E-state index in [2.05, 4.69) is 10.6 Å². The Balaban J connectivity index is 2.61. The normalized spacial score (nSPS) is 12.3. The van der Waals surface area contributed by atoms with Crippen LogP contribution in [0.15, 0.2) is 24.3 Å². The molecule has 0 bridgehead atoms. The third-order valence-corrected chi connectivity index (χ3v) is 3.21. The minimum absolute atomic E-state index is 0.0296. The minimum atomic E-state index is -0.506. The molecule has 0 fully saturated rings. The molecule has 1 aromatic carbocycles. The number of rotatable bonds is 6. The van der Waals surface area contributed by atoms with E-state index < -0.39 is 6.04 Å². The van der Waals surface area contributed by atoms with E-state index in [4.69, 9.17) is 5.73 Å². The van der Waals surface area contributed by atoms with Gasteiger partial charge in [-0.3, -0.25) is 9.59 Å². The molecular formula is C16H25N3O2. The fourth-order valence-corrected chi connectivity index (χ4v) is 1.66. The average Bonchev–Trinajstić information content (AvgIpc) is 2.44. The Morgan fingerprint density at radius 3 is 2.38 bits per heavy atom. The molecule has 21 heavy (non-hydrogen) atoms. The molecule has 0 unspecified atom stereocenters. The number of nitrogens with one attached hydrogen (secondary N) is 2. The molecule has 0 aliphatic rings. The lowest BCUT2D eigenvalue weighted by molar-refractivity contribution is -0.123. The second-order valence-electron chi connectivity index (χ2n) is 5.83. The van der Waals surface area contributed by atoms with Gasteiger partial charge in [0.1, 0.15) is 0 Å². The fourth-order valence-electron chi connectivity index (χ4n) is 1.66. The number of hydrogen-bond donors (Lipinski definition) is 3. The molecule has 4 N–H and O–H groups in total.